The number of carbonyl (C=O) groups is 2. The lowest BCUT2D eigenvalue weighted by Gasteiger charge is -2.18. The molecule has 2 rings (SSSR count). The summed E-state index contributed by atoms with van der Waals surface area (Å²) in [5.41, 5.74) is 5.83. The molecule has 0 aliphatic rings. The van der Waals surface area contributed by atoms with Gasteiger partial charge in [0.2, 0.25) is 0 Å². The van der Waals surface area contributed by atoms with Gasteiger partial charge in [-0.15, -0.1) is 0 Å². The quantitative estimate of drug-likeness (QED) is 0.743. The fourth-order valence-electron chi connectivity index (χ4n) is 2.28. The summed E-state index contributed by atoms with van der Waals surface area (Å²) < 4.78 is 10.7. The third kappa shape index (κ3) is 5.83. The molecule has 2 amide bonds. The van der Waals surface area contributed by atoms with Crippen LogP contribution in [-0.4, -0.2) is 18.1 Å². The van der Waals surface area contributed by atoms with Crippen LogP contribution in [-0.2, 0) is 9.53 Å². The van der Waals surface area contributed by atoms with Crippen LogP contribution < -0.4 is 15.8 Å². The number of esters is 1. The van der Waals surface area contributed by atoms with E-state index in [1.165, 1.54) is 6.92 Å². The standard InChI is InChI=1S/C19H19N3O4/c1-13(12-20)25-18(23)11-17(22-19(21)24)14-6-5-9-16(10-14)26-15-7-3-2-4-8-15/h2-10,13,17H,11H2,1H3,(H3,21,22,24)/t13-,17-/m0/s1. The maximum Gasteiger partial charge on any atom is 0.312 e. The number of nitrogens with zero attached hydrogens (tertiary/aromatic N) is 1. The molecule has 2 aromatic rings. The van der Waals surface area contributed by atoms with E-state index in [0.29, 0.717) is 17.1 Å². The van der Waals surface area contributed by atoms with E-state index in [0.717, 1.165) is 0 Å². The number of primary amides is 1. The van der Waals surface area contributed by atoms with Gasteiger partial charge in [-0.3, -0.25) is 4.79 Å². The summed E-state index contributed by atoms with van der Waals surface area (Å²) in [6, 6.07) is 16.5. The number of hydrogen-bond acceptors (Lipinski definition) is 5. The number of rotatable bonds is 7. The lowest BCUT2D eigenvalue weighted by atomic mass is 10.0. The first kappa shape index (κ1) is 18.8. The molecule has 26 heavy (non-hydrogen) atoms. The van der Waals surface area contributed by atoms with E-state index in [9.17, 15) is 9.59 Å². The zero-order chi connectivity index (χ0) is 18.9. The van der Waals surface area contributed by atoms with E-state index in [1.807, 2.05) is 36.4 Å². The van der Waals surface area contributed by atoms with E-state index in [-0.39, 0.29) is 6.42 Å². The monoisotopic (exact) mass is 353 g/mol. The third-order valence-corrected chi connectivity index (χ3v) is 3.42. The van der Waals surface area contributed by atoms with Crippen molar-refractivity contribution in [3.8, 4) is 17.6 Å². The van der Waals surface area contributed by atoms with Crippen molar-refractivity contribution in [3.63, 3.8) is 0 Å². The van der Waals surface area contributed by atoms with E-state index in [4.69, 9.17) is 20.5 Å². The summed E-state index contributed by atoms with van der Waals surface area (Å²) in [5.74, 6) is 0.585. The average Bonchev–Trinajstić information content (AvgIpc) is 2.61. The van der Waals surface area contributed by atoms with Gasteiger partial charge >= 0.3 is 12.0 Å². The second-order valence-corrected chi connectivity index (χ2v) is 5.51. The minimum atomic E-state index is -0.871. The molecule has 7 nitrogen and oxygen atoms in total. The molecule has 134 valence electrons. The summed E-state index contributed by atoms with van der Waals surface area (Å²) in [6.45, 7) is 1.46. The molecular formula is C19H19N3O4. The molecule has 0 bridgehead atoms. The number of nitrogens with one attached hydrogen (secondary N) is 1. The first-order valence-corrected chi connectivity index (χ1v) is 7.96. The van der Waals surface area contributed by atoms with Gasteiger partial charge in [-0.25, -0.2) is 4.79 Å². The molecule has 7 heteroatoms. The molecular weight excluding hydrogens is 334 g/mol. The van der Waals surface area contributed by atoms with Crippen molar-refractivity contribution >= 4 is 12.0 Å². The van der Waals surface area contributed by atoms with Crippen LogP contribution in [0.3, 0.4) is 0 Å². The van der Waals surface area contributed by atoms with E-state index < -0.39 is 24.1 Å². The summed E-state index contributed by atoms with van der Waals surface area (Å²) in [4.78, 5) is 23.3. The maximum absolute atomic E-state index is 12.0. The highest BCUT2D eigenvalue weighted by molar-refractivity contribution is 5.75. The summed E-state index contributed by atoms with van der Waals surface area (Å²) >= 11 is 0. The molecule has 0 aliphatic heterocycles. The largest absolute Gasteiger partial charge is 0.457 e. The van der Waals surface area contributed by atoms with Crippen molar-refractivity contribution < 1.29 is 19.1 Å². The molecule has 2 atom stereocenters. The Labute approximate surface area is 151 Å². The topological polar surface area (TPSA) is 114 Å². The van der Waals surface area contributed by atoms with Gasteiger partial charge in [0.05, 0.1) is 12.5 Å². The number of hydrogen-bond donors (Lipinski definition) is 2. The Morgan fingerprint density at radius 3 is 2.50 bits per heavy atom. The van der Waals surface area contributed by atoms with Crippen molar-refractivity contribution in [1.29, 1.82) is 5.26 Å². The Hall–Kier alpha value is -3.53. The SMILES string of the molecule is C[C@@H](C#N)OC(=O)C[C@H](NC(N)=O)c1cccc(Oc2ccccc2)c1. The third-order valence-electron chi connectivity index (χ3n) is 3.42. The summed E-state index contributed by atoms with van der Waals surface area (Å²) in [6.07, 6.45) is -1.03. The number of nitriles is 1. The first-order valence-electron chi connectivity index (χ1n) is 7.96. The highest BCUT2D eigenvalue weighted by Gasteiger charge is 2.20. The highest BCUT2D eigenvalue weighted by Crippen LogP contribution is 2.26. The zero-order valence-electron chi connectivity index (χ0n) is 14.2. The van der Waals surface area contributed by atoms with Crippen molar-refractivity contribution in [2.75, 3.05) is 0 Å². The van der Waals surface area contributed by atoms with Crippen LogP contribution in [0, 0.1) is 11.3 Å². The van der Waals surface area contributed by atoms with Gasteiger partial charge in [0.25, 0.3) is 0 Å². The minimum absolute atomic E-state index is 0.163. The fourth-order valence-corrected chi connectivity index (χ4v) is 2.28. The smallest absolute Gasteiger partial charge is 0.312 e. The average molecular weight is 353 g/mol. The van der Waals surface area contributed by atoms with E-state index >= 15 is 0 Å². The van der Waals surface area contributed by atoms with E-state index in [2.05, 4.69) is 5.32 Å². The molecule has 0 heterocycles. The second-order valence-electron chi connectivity index (χ2n) is 5.51. The molecule has 0 aliphatic carbocycles. The van der Waals surface area contributed by atoms with Gasteiger partial charge in [0.1, 0.15) is 17.6 Å². The van der Waals surface area contributed by atoms with Gasteiger partial charge in [0, 0.05) is 0 Å². The molecule has 0 unspecified atom stereocenters. The Balaban J connectivity index is 2.16. The number of para-hydroxylation sites is 1. The molecule has 0 fully saturated rings. The normalized spacial score (nSPS) is 12.3. The van der Waals surface area contributed by atoms with Crippen LogP contribution in [0.25, 0.3) is 0 Å². The number of benzene rings is 2. The molecule has 2 aromatic carbocycles. The number of nitrogens with two attached hydrogens (primary N) is 1. The lowest BCUT2D eigenvalue weighted by molar-refractivity contribution is -0.146. The summed E-state index contributed by atoms with van der Waals surface area (Å²) in [5, 5.41) is 11.2. The molecule has 0 spiro atoms. The maximum atomic E-state index is 12.0. The Morgan fingerprint density at radius 1 is 1.15 bits per heavy atom. The minimum Gasteiger partial charge on any atom is -0.457 e. The van der Waals surface area contributed by atoms with Gasteiger partial charge in [0.15, 0.2) is 6.10 Å². The molecule has 0 radical (unpaired) electrons. The predicted molar refractivity (Wildman–Crippen MR) is 94.2 cm³/mol. The number of urea groups is 1. The van der Waals surface area contributed by atoms with Crippen LogP contribution in [0.4, 0.5) is 4.79 Å². The van der Waals surface area contributed by atoms with Crippen LogP contribution in [0.1, 0.15) is 24.9 Å². The van der Waals surface area contributed by atoms with E-state index in [1.54, 1.807) is 24.3 Å². The van der Waals surface area contributed by atoms with Crippen molar-refractivity contribution in [2.45, 2.75) is 25.5 Å². The van der Waals surface area contributed by atoms with Crippen molar-refractivity contribution in [2.24, 2.45) is 5.73 Å². The Bertz CT molecular complexity index is 802. The van der Waals surface area contributed by atoms with Gasteiger partial charge in [-0.2, -0.15) is 5.26 Å². The van der Waals surface area contributed by atoms with Crippen molar-refractivity contribution in [3.05, 3.63) is 60.2 Å². The van der Waals surface area contributed by atoms with Gasteiger partial charge in [-0.1, -0.05) is 30.3 Å². The van der Waals surface area contributed by atoms with Crippen LogP contribution >= 0.6 is 0 Å². The summed E-state index contributed by atoms with van der Waals surface area (Å²) in [7, 11) is 0. The molecule has 0 aromatic heterocycles. The van der Waals surface area contributed by atoms with Crippen LogP contribution in [0.15, 0.2) is 54.6 Å². The van der Waals surface area contributed by atoms with Gasteiger partial charge in [-0.05, 0) is 36.8 Å². The molecule has 0 saturated carbocycles. The first-order chi connectivity index (χ1) is 12.5. The number of ether oxygens (including phenoxy) is 2. The van der Waals surface area contributed by atoms with Crippen LogP contribution in [0.2, 0.25) is 0 Å². The fraction of sp³-hybridized carbons (Fsp3) is 0.211. The Morgan fingerprint density at radius 2 is 1.85 bits per heavy atom. The predicted octanol–water partition coefficient (Wildman–Crippen LogP) is 3.03. The van der Waals surface area contributed by atoms with Gasteiger partial charge < -0.3 is 20.5 Å². The van der Waals surface area contributed by atoms with Crippen molar-refractivity contribution in [1.82, 2.24) is 5.32 Å². The number of carbonyl (C=O) groups excluding carboxylic acids is 2. The second kappa shape index (κ2) is 9.08. The zero-order valence-corrected chi connectivity index (χ0v) is 14.2. The molecule has 0 saturated heterocycles. The Kier molecular flexibility index (Phi) is 6.57. The lowest BCUT2D eigenvalue weighted by Crippen LogP contribution is -2.35. The highest BCUT2D eigenvalue weighted by atomic mass is 16.5. The molecule has 3 N–H and O–H groups in total. The van der Waals surface area contributed by atoms with Crippen LogP contribution in [0.5, 0.6) is 11.5 Å². The number of amides is 2.